The number of amides is 1. The summed E-state index contributed by atoms with van der Waals surface area (Å²) in [6, 6.07) is 16.3. The molecule has 5 nitrogen and oxygen atoms in total. The number of aryl methyl sites for hydroxylation is 1. The normalized spacial score (nSPS) is 13.6. The molecule has 0 saturated carbocycles. The van der Waals surface area contributed by atoms with Crippen LogP contribution in [-0.2, 0) is 10.2 Å². The van der Waals surface area contributed by atoms with Gasteiger partial charge in [0.15, 0.2) is 0 Å². The molecule has 180 valence electrons. The minimum absolute atomic E-state index is 0.0779. The van der Waals surface area contributed by atoms with Crippen LogP contribution in [0.1, 0.15) is 49.1 Å². The monoisotopic (exact) mass is 492 g/mol. The van der Waals surface area contributed by atoms with Crippen LogP contribution in [0.2, 0.25) is 0 Å². The van der Waals surface area contributed by atoms with E-state index < -0.39 is 5.41 Å². The summed E-state index contributed by atoms with van der Waals surface area (Å²) in [4.78, 5) is 23.1. The van der Waals surface area contributed by atoms with E-state index in [2.05, 4.69) is 77.7 Å². The summed E-state index contributed by atoms with van der Waals surface area (Å²) in [5.41, 5.74) is 5.19. The van der Waals surface area contributed by atoms with Crippen molar-refractivity contribution in [3.8, 4) is 11.8 Å². The molecule has 6 heteroatoms. The third kappa shape index (κ3) is 4.20. The molecular formula is C30H28N4OS. The average Bonchev–Trinajstić information content (AvgIpc) is 3.18. The average molecular weight is 493 g/mol. The van der Waals surface area contributed by atoms with Gasteiger partial charge < -0.3 is 10.6 Å². The van der Waals surface area contributed by atoms with E-state index in [0.29, 0.717) is 5.69 Å². The summed E-state index contributed by atoms with van der Waals surface area (Å²) in [7, 11) is 0. The molecule has 1 amide bonds. The maximum atomic E-state index is 12.7. The molecule has 0 radical (unpaired) electrons. The van der Waals surface area contributed by atoms with Gasteiger partial charge in [-0.05, 0) is 85.5 Å². The van der Waals surface area contributed by atoms with E-state index >= 15 is 0 Å². The van der Waals surface area contributed by atoms with E-state index in [1.54, 1.807) is 18.0 Å². The number of nitrogens with zero attached hydrogens (tertiary/aromatic N) is 2. The summed E-state index contributed by atoms with van der Waals surface area (Å²) in [6.07, 6.45) is 7.23. The number of carbonyl (C=O) groups is 1. The van der Waals surface area contributed by atoms with E-state index in [9.17, 15) is 4.79 Å². The summed E-state index contributed by atoms with van der Waals surface area (Å²) in [5, 5.41) is 8.41. The first-order valence-corrected chi connectivity index (χ1v) is 13.3. The predicted octanol–water partition coefficient (Wildman–Crippen LogP) is 6.81. The van der Waals surface area contributed by atoms with Crippen LogP contribution in [0.15, 0.2) is 65.8 Å². The molecule has 2 N–H and O–H groups in total. The molecule has 1 aliphatic heterocycles. The Morgan fingerprint density at radius 3 is 2.61 bits per heavy atom. The number of fused-ring (bicyclic) bond motifs is 2. The van der Waals surface area contributed by atoms with E-state index in [0.717, 1.165) is 57.5 Å². The third-order valence-electron chi connectivity index (χ3n) is 7.09. The lowest BCUT2D eigenvalue weighted by atomic mass is 9.77. The first-order chi connectivity index (χ1) is 17.5. The van der Waals surface area contributed by atoms with E-state index in [4.69, 9.17) is 0 Å². The summed E-state index contributed by atoms with van der Waals surface area (Å²) in [5.74, 6) is 7.31. The van der Waals surface area contributed by atoms with Gasteiger partial charge in [-0.3, -0.25) is 4.79 Å². The zero-order valence-electron chi connectivity index (χ0n) is 20.9. The van der Waals surface area contributed by atoms with Crippen molar-refractivity contribution in [2.75, 3.05) is 16.9 Å². The van der Waals surface area contributed by atoms with Crippen molar-refractivity contribution in [2.24, 2.45) is 0 Å². The standard InChI is InChI=1S/C30H28N4OS/c1-5-30(6-2)24-10-7-20(16-27(24)34-29(30)35)8-11-26-23-17-28(32-18-21(23)13-14-31-26)33-25-12-9-22(36-4)15-19(25)3/h7,9-10,12-18H,5-6H2,1-4H3,(H,32,33)(H,34,35). The quantitative estimate of drug-likeness (QED) is 0.237. The number of rotatable bonds is 5. The maximum Gasteiger partial charge on any atom is 0.235 e. The van der Waals surface area contributed by atoms with Crippen LogP contribution in [0.4, 0.5) is 17.2 Å². The van der Waals surface area contributed by atoms with Gasteiger partial charge in [-0.2, -0.15) is 0 Å². The van der Waals surface area contributed by atoms with Gasteiger partial charge >= 0.3 is 0 Å². The van der Waals surface area contributed by atoms with E-state index in [1.165, 1.54) is 4.90 Å². The van der Waals surface area contributed by atoms with Crippen molar-refractivity contribution in [3.05, 3.63) is 83.3 Å². The SMILES string of the molecule is CCC1(CC)C(=O)Nc2cc(C#Cc3nccc4cnc(Nc5ccc(SC)cc5C)cc34)ccc21. The van der Waals surface area contributed by atoms with Gasteiger partial charge in [-0.15, -0.1) is 11.8 Å². The van der Waals surface area contributed by atoms with Crippen molar-refractivity contribution in [3.63, 3.8) is 0 Å². The van der Waals surface area contributed by atoms with Crippen molar-refractivity contribution in [1.82, 2.24) is 9.97 Å². The van der Waals surface area contributed by atoms with Crippen LogP contribution in [-0.4, -0.2) is 22.1 Å². The minimum Gasteiger partial charge on any atom is -0.340 e. The molecule has 1 aliphatic rings. The number of thioether (sulfide) groups is 1. The van der Waals surface area contributed by atoms with Crippen LogP contribution in [0.5, 0.6) is 0 Å². The largest absolute Gasteiger partial charge is 0.340 e. The lowest BCUT2D eigenvalue weighted by Crippen LogP contribution is -2.32. The van der Waals surface area contributed by atoms with Crippen LogP contribution in [0.3, 0.4) is 0 Å². The number of aromatic nitrogens is 2. The fourth-order valence-electron chi connectivity index (χ4n) is 4.87. The molecule has 36 heavy (non-hydrogen) atoms. The van der Waals surface area contributed by atoms with Gasteiger partial charge in [-0.25, -0.2) is 9.97 Å². The van der Waals surface area contributed by atoms with Crippen molar-refractivity contribution < 1.29 is 4.79 Å². The molecule has 0 spiro atoms. The van der Waals surface area contributed by atoms with Crippen LogP contribution >= 0.6 is 11.8 Å². The van der Waals surface area contributed by atoms with Crippen LogP contribution in [0.25, 0.3) is 10.8 Å². The Bertz CT molecular complexity index is 1550. The number of pyridine rings is 2. The van der Waals surface area contributed by atoms with E-state index in [1.807, 2.05) is 36.5 Å². The second-order valence-electron chi connectivity index (χ2n) is 9.01. The van der Waals surface area contributed by atoms with Gasteiger partial charge in [0.25, 0.3) is 0 Å². The number of benzene rings is 2. The van der Waals surface area contributed by atoms with Crippen LogP contribution in [0, 0.1) is 18.8 Å². The highest BCUT2D eigenvalue weighted by Crippen LogP contribution is 2.42. The number of hydrogen-bond donors (Lipinski definition) is 2. The smallest absolute Gasteiger partial charge is 0.235 e. The number of anilines is 3. The van der Waals surface area contributed by atoms with Gasteiger partial charge in [0.2, 0.25) is 5.91 Å². The third-order valence-corrected chi connectivity index (χ3v) is 7.82. The zero-order chi connectivity index (χ0) is 25.3. The fourth-order valence-corrected chi connectivity index (χ4v) is 5.36. The maximum absolute atomic E-state index is 12.7. The topological polar surface area (TPSA) is 66.9 Å². The Morgan fingerprint density at radius 2 is 1.86 bits per heavy atom. The van der Waals surface area contributed by atoms with Gasteiger partial charge in [0.1, 0.15) is 11.5 Å². The molecule has 0 fully saturated rings. The minimum atomic E-state index is -0.442. The Labute approximate surface area is 216 Å². The molecule has 0 unspecified atom stereocenters. The van der Waals surface area contributed by atoms with Gasteiger partial charge in [-0.1, -0.05) is 25.8 Å². The van der Waals surface area contributed by atoms with E-state index in [-0.39, 0.29) is 5.91 Å². The first kappa shape index (κ1) is 23.9. The first-order valence-electron chi connectivity index (χ1n) is 12.1. The number of hydrogen-bond acceptors (Lipinski definition) is 5. The summed E-state index contributed by atoms with van der Waals surface area (Å²) >= 11 is 1.73. The Balaban J connectivity index is 1.47. The van der Waals surface area contributed by atoms with Crippen molar-refractivity contribution >= 4 is 45.6 Å². The van der Waals surface area contributed by atoms with Crippen molar-refractivity contribution in [2.45, 2.75) is 43.9 Å². The summed E-state index contributed by atoms with van der Waals surface area (Å²) in [6.45, 7) is 6.22. The Kier molecular flexibility index (Phi) is 6.42. The lowest BCUT2D eigenvalue weighted by molar-refractivity contribution is -0.121. The highest BCUT2D eigenvalue weighted by atomic mass is 32.2. The van der Waals surface area contributed by atoms with Crippen molar-refractivity contribution in [1.29, 1.82) is 0 Å². The van der Waals surface area contributed by atoms with Gasteiger partial charge in [0, 0.05) is 45.0 Å². The Morgan fingerprint density at radius 1 is 1.03 bits per heavy atom. The van der Waals surface area contributed by atoms with Gasteiger partial charge in [0.05, 0.1) is 5.41 Å². The molecule has 0 saturated heterocycles. The highest BCUT2D eigenvalue weighted by Gasteiger charge is 2.43. The second kappa shape index (κ2) is 9.67. The second-order valence-corrected chi connectivity index (χ2v) is 9.89. The predicted molar refractivity (Wildman–Crippen MR) is 149 cm³/mol. The number of nitrogens with one attached hydrogen (secondary N) is 2. The molecule has 2 aromatic carbocycles. The molecule has 5 rings (SSSR count). The molecule has 0 atom stereocenters. The highest BCUT2D eigenvalue weighted by molar-refractivity contribution is 7.98. The molecule has 0 bridgehead atoms. The molecule has 0 aliphatic carbocycles. The Hall–Kier alpha value is -3.82. The molecular weight excluding hydrogens is 464 g/mol. The molecule has 2 aromatic heterocycles. The number of carbonyl (C=O) groups excluding carboxylic acids is 1. The molecule has 3 heterocycles. The zero-order valence-corrected chi connectivity index (χ0v) is 21.7. The molecule has 4 aromatic rings. The fraction of sp³-hybridized carbons (Fsp3) is 0.233. The van der Waals surface area contributed by atoms with Crippen LogP contribution < -0.4 is 10.6 Å². The lowest BCUT2D eigenvalue weighted by Gasteiger charge is -2.23. The summed E-state index contributed by atoms with van der Waals surface area (Å²) < 4.78 is 0.